The largest absolute Gasteiger partial charge is 0.463 e. The fourth-order valence-corrected chi connectivity index (χ4v) is 4.07. The van der Waals surface area contributed by atoms with Gasteiger partial charge in [0.05, 0.1) is 24.4 Å². The number of ether oxygens (including phenoxy) is 4. The number of hydrogen-bond acceptors (Lipinski definition) is 7. The second-order valence-corrected chi connectivity index (χ2v) is 9.72. The van der Waals surface area contributed by atoms with Gasteiger partial charge in [0, 0.05) is 18.4 Å². The Morgan fingerprint density at radius 2 is 1.70 bits per heavy atom. The molecule has 1 N–H and O–H groups in total. The van der Waals surface area contributed by atoms with Gasteiger partial charge < -0.3 is 24.1 Å². The van der Waals surface area contributed by atoms with Crippen molar-refractivity contribution in [3.8, 4) is 0 Å². The van der Waals surface area contributed by atoms with Crippen LogP contribution in [0.1, 0.15) is 97.3 Å². The van der Waals surface area contributed by atoms with E-state index in [1.165, 1.54) is 39.0 Å². The van der Waals surface area contributed by atoms with E-state index in [2.05, 4.69) is 13.5 Å². The third-order valence-corrected chi connectivity index (χ3v) is 6.36. The lowest BCUT2D eigenvalue weighted by atomic mass is 9.95. The van der Waals surface area contributed by atoms with Crippen LogP contribution in [-0.4, -0.2) is 60.8 Å². The summed E-state index contributed by atoms with van der Waals surface area (Å²) in [6.45, 7) is 7.76. The van der Waals surface area contributed by atoms with Gasteiger partial charge >= 0.3 is 11.9 Å². The van der Waals surface area contributed by atoms with Crippen LogP contribution in [-0.2, 0) is 28.5 Å². The molecule has 7 nitrogen and oxygen atoms in total. The lowest BCUT2D eigenvalue weighted by Crippen LogP contribution is -2.25. The summed E-state index contributed by atoms with van der Waals surface area (Å²) in [6, 6.07) is 0. The maximum Gasteiger partial charge on any atom is 0.333 e. The van der Waals surface area contributed by atoms with Gasteiger partial charge in [-0.2, -0.15) is 0 Å². The molecule has 2 aliphatic rings. The molecular weight excluding hydrogens is 424 g/mol. The van der Waals surface area contributed by atoms with Gasteiger partial charge in [0.25, 0.3) is 0 Å². The Morgan fingerprint density at radius 3 is 2.39 bits per heavy atom. The van der Waals surface area contributed by atoms with Gasteiger partial charge in [-0.1, -0.05) is 64.9 Å². The molecule has 2 fully saturated rings. The van der Waals surface area contributed by atoms with Crippen molar-refractivity contribution in [1.29, 1.82) is 0 Å². The van der Waals surface area contributed by atoms with E-state index < -0.39 is 12.1 Å². The van der Waals surface area contributed by atoms with Crippen LogP contribution in [0.4, 0.5) is 0 Å². The lowest BCUT2D eigenvalue weighted by molar-refractivity contribution is -0.150. The summed E-state index contributed by atoms with van der Waals surface area (Å²) in [5, 5.41) is 9.69. The Morgan fingerprint density at radius 1 is 1.03 bits per heavy atom. The Balaban J connectivity index is 1.38. The van der Waals surface area contributed by atoms with E-state index in [4.69, 9.17) is 18.9 Å². The third kappa shape index (κ3) is 12.0. The first-order valence-corrected chi connectivity index (χ1v) is 12.8. The molecule has 4 unspecified atom stereocenters. The van der Waals surface area contributed by atoms with E-state index in [1.54, 1.807) is 0 Å². The lowest BCUT2D eigenvalue weighted by Gasteiger charge is -2.12. The van der Waals surface area contributed by atoms with Crippen molar-refractivity contribution in [2.24, 2.45) is 0 Å². The highest BCUT2D eigenvalue weighted by Gasteiger charge is 2.51. The Kier molecular flexibility index (Phi) is 12.4. The van der Waals surface area contributed by atoms with Gasteiger partial charge in [0.15, 0.2) is 0 Å². The minimum absolute atomic E-state index is 0.132. The smallest absolute Gasteiger partial charge is 0.333 e. The SMILES string of the molecule is C=C(C)C(=O)OCC(O)COC(=O)CCCCCCCC1OC1CC1(CCCCCC)CO1. The fraction of sp³-hybridized carbons (Fsp3) is 0.846. The Hall–Kier alpha value is -1.44. The number of hydrogen-bond donors (Lipinski definition) is 1. The number of rotatable bonds is 20. The van der Waals surface area contributed by atoms with Crippen molar-refractivity contribution in [1.82, 2.24) is 0 Å². The number of epoxide rings is 2. The van der Waals surface area contributed by atoms with E-state index in [0.29, 0.717) is 18.6 Å². The molecule has 0 amide bonds. The molecule has 2 saturated heterocycles. The van der Waals surface area contributed by atoms with Crippen LogP contribution >= 0.6 is 0 Å². The summed E-state index contributed by atoms with van der Waals surface area (Å²) in [6.07, 6.45) is 13.8. The zero-order chi connectivity index (χ0) is 24.1. The van der Waals surface area contributed by atoms with E-state index in [1.807, 2.05) is 0 Å². The number of aliphatic hydroxyl groups excluding tert-OH is 1. The van der Waals surface area contributed by atoms with Crippen LogP contribution in [0.15, 0.2) is 12.2 Å². The zero-order valence-electron chi connectivity index (χ0n) is 20.6. The average molecular weight is 469 g/mol. The molecule has 33 heavy (non-hydrogen) atoms. The monoisotopic (exact) mass is 468 g/mol. The van der Waals surface area contributed by atoms with Crippen molar-refractivity contribution in [2.75, 3.05) is 19.8 Å². The predicted octanol–water partition coefficient (Wildman–Crippen LogP) is 4.64. The molecular formula is C26H44O7. The molecule has 0 radical (unpaired) electrons. The highest BCUT2D eigenvalue weighted by atomic mass is 16.6. The first-order chi connectivity index (χ1) is 15.8. The fourth-order valence-electron chi connectivity index (χ4n) is 4.07. The van der Waals surface area contributed by atoms with E-state index in [-0.39, 0.29) is 30.4 Å². The van der Waals surface area contributed by atoms with Crippen molar-refractivity contribution >= 4 is 11.9 Å². The van der Waals surface area contributed by atoms with Crippen LogP contribution in [0.3, 0.4) is 0 Å². The first-order valence-electron chi connectivity index (χ1n) is 12.8. The van der Waals surface area contributed by atoms with Crippen LogP contribution in [0.2, 0.25) is 0 Å². The molecule has 190 valence electrons. The predicted molar refractivity (Wildman–Crippen MR) is 126 cm³/mol. The van der Waals surface area contributed by atoms with Gasteiger partial charge in [-0.15, -0.1) is 0 Å². The summed E-state index contributed by atoms with van der Waals surface area (Å²) in [5.41, 5.74) is 0.394. The quantitative estimate of drug-likeness (QED) is 0.120. The summed E-state index contributed by atoms with van der Waals surface area (Å²) in [4.78, 5) is 23.0. The van der Waals surface area contributed by atoms with E-state index >= 15 is 0 Å². The summed E-state index contributed by atoms with van der Waals surface area (Å²) < 4.78 is 21.5. The van der Waals surface area contributed by atoms with Crippen LogP contribution in [0.5, 0.6) is 0 Å². The summed E-state index contributed by atoms with van der Waals surface area (Å²) in [5.74, 6) is -0.900. The molecule has 0 saturated carbocycles. The first kappa shape index (κ1) is 27.8. The average Bonchev–Trinajstić information content (AvgIpc) is 3.71. The van der Waals surface area contributed by atoms with Gasteiger partial charge in [-0.25, -0.2) is 4.79 Å². The van der Waals surface area contributed by atoms with Crippen molar-refractivity contribution < 1.29 is 33.6 Å². The normalized spacial score (nSPS) is 24.2. The second-order valence-electron chi connectivity index (χ2n) is 9.72. The number of unbranched alkanes of at least 4 members (excludes halogenated alkanes) is 7. The Bertz CT molecular complexity index is 614. The molecule has 0 bridgehead atoms. The summed E-state index contributed by atoms with van der Waals surface area (Å²) >= 11 is 0. The zero-order valence-corrected chi connectivity index (χ0v) is 20.6. The second kappa shape index (κ2) is 14.7. The van der Waals surface area contributed by atoms with Crippen molar-refractivity contribution in [2.45, 2.75) is 121 Å². The van der Waals surface area contributed by atoms with Gasteiger partial charge in [-0.05, 0) is 26.2 Å². The molecule has 4 atom stereocenters. The molecule has 2 rings (SSSR count). The maximum absolute atomic E-state index is 11.8. The number of esters is 2. The molecule has 0 aliphatic carbocycles. The Labute approximate surface area is 199 Å². The number of carbonyl (C=O) groups is 2. The minimum atomic E-state index is -1.02. The third-order valence-electron chi connectivity index (χ3n) is 6.36. The van der Waals surface area contributed by atoms with Crippen LogP contribution < -0.4 is 0 Å². The summed E-state index contributed by atoms with van der Waals surface area (Å²) in [7, 11) is 0. The molecule has 7 heteroatoms. The van der Waals surface area contributed by atoms with E-state index in [0.717, 1.165) is 51.6 Å². The standard InChI is InChI=1S/C26H44O7/c1-4-5-6-12-15-26(19-32-26)16-23-22(33-23)13-10-8-7-9-11-14-24(28)30-17-21(27)18-31-25(29)20(2)3/h21-23,27H,2,4-19H2,1,3H3. The number of carbonyl (C=O) groups excluding carboxylic acids is 2. The molecule has 0 aromatic carbocycles. The highest BCUT2D eigenvalue weighted by molar-refractivity contribution is 5.86. The van der Waals surface area contributed by atoms with Crippen LogP contribution in [0.25, 0.3) is 0 Å². The molecule has 0 aromatic rings. The topological polar surface area (TPSA) is 97.9 Å². The maximum atomic E-state index is 11.8. The van der Waals surface area contributed by atoms with Crippen molar-refractivity contribution in [3.63, 3.8) is 0 Å². The van der Waals surface area contributed by atoms with E-state index in [9.17, 15) is 14.7 Å². The molecule has 0 aromatic heterocycles. The van der Waals surface area contributed by atoms with Gasteiger partial charge in [0.1, 0.15) is 19.3 Å². The molecule has 2 heterocycles. The van der Waals surface area contributed by atoms with Gasteiger partial charge in [-0.3, -0.25) is 4.79 Å². The minimum Gasteiger partial charge on any atom is -0.463 e. The van der Waals surface area contributed by atoms with Crippen LogP contribution in [0, 0.1) is 0 Å². The highest BCUT2D eigenvalue weighted by Crippen LogP contribution is 2.44. The molecule has 2 aliphatic heterocycles. The van der Waals surface area contributed by atoms with Gasteiger partial charge in [0.2, 0.25) is 0 Å². The molecule has 0 spiro atoms. The van der Waals surface area contributed by atoms with Crippen molar-refractivity contribution in [3.05, 3.63) is 12.2 Å². The number of aliphatic hydroxyl groups is 1.